The first-order valence-corrected chi connectivity index (χ1v) is 16.2. The minimum absolute atomic E-state index is 0.0658. The van der Waals surface area contributed by atoms with Crippen LogP contribution in [0.25, 0.3) is 5.76 Å². The Morgan fingerprint density at radius 3 is 2.67 bits per heavy atom. The molecule has 1 unspecified atom stereocenters. The molecule has 1 saturated heterocycles. The van der Waals surface area contributed by atoms with Crippen LogP contribution >= 0.6 is 9.24 Å². The molecule has 3 rings (SSSR count). The summed E-state index contributed by atoms with van der Waals surface area (Å²) >= 11 is 0. The SMILES string of the molecule is C=CC(=C)N1CC[C@H](Oc2cc(O[C@@H](C)CC[C@H](N)CC)nc(/C(=C/C(=C)C(C)(C)C3=C(F)C=C=C=C3P)OC)n2)C[C@H]1CC#N. The lowest BCUT2D eigenvalue weighted by atomic mass is 9.76. The largest absolute Gasteiger partial charge is 0.493 e. The molecule has 1 aliphatic heterocycles. The zero-order valence-electron chi connectivity index (χ0n) is 27.7. The molecule has 0 amide bonds. The number of hydrogen-bond donors (Lipinski definition) is 1. The van der Waals surface area contributed by atoms with Crippen molar-refractivity contribution in [3.63, 3.8) is 0 Å². The number of methoxy groups -OCH3 is 1. The van der Waals surface area contributed by atoms with E-state index in [2.05, 4.69) is 63.3 Å². The fourth-order valence-corrected chi connectivity index (χ4v) is 6.01. The van der Waals surface area contributed by atoms with Gasteiger partial charge in [-0.05, 0) is 43.9 Å². The predicted octanol–water partition coefficient (Wildman–Crippen LogP) is 7.46. The molecule has 46 heavy (non-hydrogen) atoms. The molecule has 2 N–H and O–H groups in total. The van der Waals surface area contributed by atoms with E-state index in [9.17, 15) is 9.65 Å². The summed E-state index contributed by atoms with van der Waals surface area (Å²) in [6, 6.07) is 3.98. The molecule has 1 fully saturated rings. The summed E-state index contributed by atoms with van der Waals surface area (Å²) in [6.07, 6.45) is 8.38. The van der Waals surface area contributed by atoms with Gasteiger partial charge in [0.05, 0.1) is 31.8 Å². The summed E-state index contributed by atoms with van der Waals surface area (Å²) in [5.74, 6) is 0.774. The Labute approximate surface area is 275 Å². The minimum Gasteiger partial charge on any atom is -0.493 e. The van der Waals surface area contributed by atoms with Gasteiger partial charge >= 0.3 is 0 Å². The molecule has 8 nitrogen and oxygen atoms in total. The van der Waals surface area contributed by atoms with Crippen LogP contribution in [-0.4, -0.2) is 52.8 Å². The number of nitrogens with zero attached hydrogens (tertiary/aromatic N) is 4. The number of likely N-dealkylation sites (tertiary alicyclic amines) is 1. The average Bonchev–Trinajstić information content (AvgIpc) is 3.01. The monoisotopic (exact) mass is 647 g/mol. The second-order valence-electron chi connectivity index (χ2n) is 12.1. The molecule has 1 aromatic heterocycles. The first kappa shape index (κ1) is 36.6. The van der Waals surface area contributed by atoms with E-state index in [1.807, 2.05) is 20.8 Å². The normalized spacial score (nSPS) is 19.6. The van der Waals surface area contributed by atoms with Crippen molar-refractivity contribution < 1.29 is 18.6 Å². The lowest BCUT2D eigenvalue weighted by Gasteiger charge is -2.40. The van der Waals surface area contributed by atoms with Crippen molar-refractivity contribution in [2.75, 3.05) is 13.7 Å². The van der Waals surface area contributed by atoms with Crippen LogP contribution in [0.4, 0.5) is 4.39 Å². The van der Waals surface area contributed by atoms with Crippen LogP contribution in [0.5, 0.6) is 11.8 Å². The third-order valence-corrected chi connectivity index (χ3v) is 8.88. The zero-order valence-corrected chi connectivity index (χ0v) is 28.9. The van der Waals surface area contributed by atoms with Crippen LogP contribution in [0.2, 0.25) is 0 Å². The van der Waals surface area contributed by atoms with E-state index in [-0.39, 0.29) is 30.1 Å². The summed E-state index contributed by atoms with van der Waals surface area (Å²) in [4.78, 5) is 11.5. The fourth-order valence-electron chi connectivity index (χ4n) is 5.43. The van der Waals surface area contributed by atoms with Crippen molar-refractivity contribution in [1.82, 2.24) is 14.9 Å². The lowest BCUT2D eigenvalue weighted by Crippen LogP contribution is -2.44. The molecule has 0 saturated carbocycles. The Kier molecular flexibility index (Phi) is 13.2. The second-order valence-corrected chi connectivity index (χ2v) is 12.7. The van der Waals surface area contributed by atoms with Gasteiger partial charge in [-0.15, -0.1) is 0 Å². The van der Waals surface area contributed by atoms with Gasteiger partial charge in [-0.2, -0.15) is 15.2 Å². The van der Waals surface area contributed by atoms with Gasteiger partial charge in [0.2, 0.25) is 17.6 Å². The highest BCUT2D eigenvalue weighted by atomic mass is 31.0. The van der Waals surface area contributed by atoms with E-state index in [1.165, 1.54) is 13.2 Å². The third kappa shape index (κ3) is 9.32. The average molecular weight is 648 g/mol. The van der Waals surface area contributed by atoms with E-state index in [4.69, 9.17) is 24.9 Å². The molecule has 0 radical (unpaired) electrons. The Bertz CT molecular complexity index is 1530. The van der Waals surface area contributed by atoms with Crippen LogP contribution < -0.4 is 15.2 Å². The van der Waals surface area contributed by atoms with Gasteiger partial charge in [-0.1, -0.05) is 61.2 Å². The topological polar surface area (TPSA) is 107 Å². The van der Waals surface area contributed by atoms with Gasteiger partial charge in [0, 0.05) is 59.5 Å². The van der Waals surface area contributed by atoms with Crippen LogP contribution in [0.15, 0.2) is 83.5 Å². The molecule has 0 bridgehead atoms. The van der Waals surface area contributed by atoms with Crippen molar-refractivity contribution in [3.8, 4) is 17.8 Å². The highest BCUT2D eigenvalue weighted by molar-refractivity contribution is 7.23. The highest BCUT2D eigenvalue weighted by Gasteiger charge is 2.32. The number of nitrogens with two attached hydrogens (primary N) is 1. The molecule has 0 aromatic carbocycles. The number of allylic oxidation sites excluding steroid dienone is 7. The molecule has 246 valence electrons. The van der Waals surface area contributed by atoms with Crippen molar-refractivity contribution in [1.29, 1.82) is 5.26 Å². The molecule has 2 heterocycles. The number of ether oxygens (including phenoxy) is 3. The van der Waals surface area contributed by atoms with Crippen molar-refractivity contribution in [2.24, 2.45) is 11.1 Å². The molecule has 1 aromatic rings. The minimum atomic E-state index is -0.824. The quantitative estimate of drug-likeness (QED) is 0.0853. The maximum atomic E-state index is 14.9. The first-order valence-electron chi connectivity index (χ1n) is 15.6. The molecule has 2 aliphatic rings. The van der Waals surface area contributed by atoms with Crippen LogP contribution in [0.3, 0.4) is 0 Å². The second kappa shape index (κ2) is 16.6. The number of aromatic nitrogens is 2. The number of rotatable bonds is 16. The van der Waals surface area contributed by atoms with Gasteiger partial charge in [0.1, 0.15) is 11.9 Å². The lowest BCUT2D eigenvalue weighted by molar-refractivity contribution is 0.0762. The standard InChI is InChI=1S/C36H47FN5O3P/c1-9-24(4)42-19-17-28(21-27(42)16-18-38)45-33-22-32(44-25(5)14-15-26(39)10-2)40-35(41-33)30(43-8)20-23(3)36(6,7)34-29(37)12-11-13-31(34)46/h9,12,20,22,25-28H,1,3-4,10,14-17,19,21,39,46H2,2,5-8H3/b30-20-/t25-,26+,27+,28-/m0/s1. The Hall–Kier alpha value is -3.91. The van der Waals surface area contributed by atoms with Gasteiger partial charge in [-0.3, -0.25) is 0 Å². The summed E-state index contributed by atoms with van der Waals surface area (Å²) < 4.78 is 33.4. The summed E-state index contributed by atoms with van der Waals surface area (Å²) in [5.41, 5.74) is 12.7. The maximum absolute atomic E-state index is 14.9. The molecule has 1 aliphatic carbocycles. The first-order chi connectivity index (χ1) is 21.8. The Balaban J connectivity index is 1.97. The molecular weight excluding hydrogens is 600 g/mol. The number of hydrogen-bond acceptors (Lipinski definition) is 8. The zero-order chi connectivity index (χ0) is 34.0. The van der Waals surface area contributed by atoms with Crippen molar-refractivity contribution >= 4 is 15.0 Å². The third-order valence-electron chi connectivity index (χ3n) is 8.44. The highest BCUT2D eigenvalue weighted by Crippen LogP contribution is 2.44. The molecule has 5 atom stereocenters. The smallest absolute Gasteiger partial charge is 0.221 e. The van der Waals surface area contributed by atoms with E-state index in [0.29, 0.717) is 59.8 Å². The van der Waals surface area contributed by atoms with Crippen LogP contribution in [0.1, 0.15) is 72.0 Å². The summed E-state index contributed by atoms with van der Waals surface area (Å²) in [6.45, 7) is 20.6. The molecule has 0 spiro atoms. The molecular formula is C36H47FN5O3P. The van der Waals surface area contributed by atoms with E-state index in [1.54, 1.807) is 18.2 Å². The van der Waals surface area contributed by atoms with E-state index >= 15 is 0 Å². The van der Waals surface area contributed by atoms with Crippen LogP contribution in [-0.2, 0) is 4.74 Å². The fraction of sp³-hybridized carbons (Fsp3) is 0.472. The van der Waals surface area contributed by atoms with Gasteiger partial charge in [0.15, 0.2) is 5.76 Å². The maximum Gasteiger partial charge on any atom is 0.221 e. The summed E-state index contributed by atoms with van der Waals surface area (Å²) in [7, 11) is 4.03. The Morgan fingerprint density at radius 1 is 1.33 bits per heavy atom. The number of nitriles is 1. The van der Waals surface area contributed by atoms with E-state index < -0.39 is 11.2 Å². The van der Waals surface area contributed by atoms with Gasteiger partial charge < -0.3 is 24.8 Å². The van der Waals surface area contributed by atoms with Crippen molar-refractivity contribution in [2.45, 2.75) is 90.5 Å². The number of piperidine rings is 1. The van der Waals surface area contributed by atoms with Gasteiger partial charge in [-0.25, -0.2) is 4.39 Å². The van der Waals surface area contributed by atoms with Crippen LogP contribution in [0, 0.1) is 16.7 Å². The number of halogens is 1. The summed E-state index contributed by atoms with van der Waals surface area (Å²) in [5, 5.41) is 10.0. The molecule has 10 heteroatoms. The van der Waals surface area contributed by atoms with Gasteiger partial charge in [0.25, 0.3) is 0 Å². The predicted molar refractivity (Wildman–Crippen MR) is 184 cm³/mol. The Morgan fingerprint density at radius 2 is 2.04 bits per heavy atom. The van der Waals surface area contributed by atoms with E-state index in [0.717, 1.165) is 25.0 Å². The van der Waals surface area contributed by atoms with Crippen molar-refractivity contribution in [3.05, 3.63) is 89.3 Å².